The van der Waals surface area contributed by atoms with Crippen molar-refractivity contribution >= 4 is 71.2 Å². The van der Waals surface area contributed by atoms with Gasteiger partial charge in [-0.2, -0.15) is 0 Å². The molecule has 0 aliphatic carbocycles. The van der Waals surface area contributed by atoms with E-state index in [4.69, 9.17) is 0 Å². The maximum atomic E-state index is 2.41. The molecule has 0 radical (unpaired) electrons. The molecule has 0 N–H and O–H groups in total. The summed E-state index contributed by atoms with van der Waals surface area (Å²) in [5, 5.41) is 10.1. The van der Waals surface area contributed by atoms with Gasteiger partial charge in [0.2, 0.25) is 0 Å². The van der Waals surface area contributed by atoms with Gasteiger partial charge in [-0.15, -0.1) is 0 Å². The molecule has 10 aromatic rings. The molecule has 1 heterocycles. The summed E-state index contributed by atoms with van der Waals surface area (Å²) in [6.07, 6.45) is 0. The largest absolute Gasteiger partial charge is 0.308 e. The lowest BCUT2D eigenvalue weighted by molar-refractivity contribution is 1.17. The molecular formula is C48H32N2. The monoisotopic (exact) mass is 636 g/mol. The first-order valence-corrected chi connectivity index (χ1v) is 17.2. The van der Waals surface area contributed by atoms with Gasteiger partial charge in [0.15, 0.2) is 0 Å². The highest BCUT2D eigenvalue weighted by Crippen LogP contribution is 2.44. The van der Waals surface area contributed by atoms with Crippen LogP contribution >= 0.6 is 0 Å². The molecule has 2 heteroatoms. The van der Waals surface area contributed by atoms with E-state index in [0.717, 1.165) is 22.7 Å². The average molecular weight is 637 g/mol. The number of hydrogen-bond acceptors (Lipinski definition) is 1. The van der Waals surface area contributed by atoms with E-state index >= 15 is 0 Å². The molecule has 0 aliphatic heterocycles. The van der Waals surface area contributed by atoms with Gasteiger partial charge in [-0.05, 0) is 98.0 Å². The van der Waals surface area contributed by atoms with Gasteiger partial charge in [-0.25, -0.2) is 0 Å². The molecule has 0 unspecified atom stereocenters. The lowest BCUT2D eigenvalue weighted by Crippen LogP contribution is -2.11. The third kappa shape index (κ3) is 4.43. The summed E-state index contributed by atoms with van der Waals surface area (Å²) in [6, 6.07) is 70.4. The number of benzene rings is 9. The van der Waals surface area contributed by atoms with Crippen LogP contribution in [0.2, 0.25) is 0 Å². The Morgan fingerprint density at radius 1 is 0.360 bits per heavy atom. The van der Waals surface area contributed by atoms with Crippen LogP contribution < -0.4 is 4.90 Å². The molecule has 0 aliphatic rings. The second kappa shape index (κ2) is 11.5. The predicted octanol–water partition coefficient (Wildman–Crippen LogP) is 13.4. The molecule has 10 rings (SSSR count). The van der Waals surface area contributed by atoms with Crippen molar-refractivity contribution in [2.75, 3.05) is 4.90 Å². The van der Waals surface area contributed by atoms with Crippen LogP contribution in [0.1, 0.15) is 0 Å². The quantitative estimate of drug-likeness (QED) is 0.171. The molecule has 0 bridgehead atoms. The standard InChI is InChI=1S/C48H32N2/c1-3-15-35(16-4-1)49(47-25-13-23-43-42-22-11-12-24-46(42)50(48(43)47)36-17-5-2-6-18-36)37-29-26-34(27-30-37)44-32-45-38-19-8-7-14-33(38)28-31-41(45)39-20-9-10-21-40(39)44/h1-32H. The van der Waals surface area contributed by atoms with Crippen LogP contribution in [0.15, 0.2) is 194 Å². The number of rotatable bonds is 5. The summed E-state index contributed by atoms with van der Waals surface area (Å²) in [5.41, 5.74) is 9.31. The molecule has 0 saturated carbocycles. The lowest BCUT2D eigenvalue weighted by Gasteiger charge is -2.27. The van der Waals surface area contributed by atoms with Crippen molar-refractivity contribution in [3.8, 4) is 16.8 Å². The van der Waals surface area contributed by atoms with Gasteiger partial charge < -0.3 is 9.47 Å². The fourth-order valence-corrected chi connectivity index (χ4v) is 7.92. The molecule has 0 saturated heterocycles. The number of fused-ring (bicyclic) bond motifs is 8. The minimum atomic E-state index is 1.10. The molecule has 1 aromatic heterocycles. The number of anilines is 3. The zero-order chi connectivity index (χ0) is 33.0. The highest BCUT2D eigenvalue weighted by Gasteiger charge is 2.21. The number of nitrogens with zero attached hydrogens (tertiary/aromatic N) is 2. The SMILES string of the molecule is c1ccc(N(c2ccc(-c3cc4c5ccccc5ccc4c4ccccc34)cc2)c2cccc3c4ccccc4n(-c4ccccc4)c23)cc1. The van der Waals surface area contributed by atoms with Crippen molar-refractivity contribution in [2.24, 2.45) is 0 Å². The van der Waals surface area contributed by atoms with Crippen molar-refractivity contribution in [3.63, 3.8) is 0 Å². The molecule has 234 valence electrons. The maximum Gasteiger partial charge on any atom is 0.0782 e. The first-order valence-electron chi connectivity index (χ1n) is 17.2. The van der Waals surface area contributed by atoms with Gasteiger partial charge in [0.1, 0.15) is 0 Å². The molecule has 50 heavy (non-hydrogen) atoms. The van der Waals surface area contributed by atoms with Crippen LogP contribution in [0.3, 0.4) is 0 Å². The molecular weight excluding hydrogens is 605 g/mol. The molecule has 0 spiro atoms. The van der Waals surface area contributed by atoms with E-state index in [1.54, 1.807) is 0 Å². The Bertz CT molecular complexity index is 2850. The van der Waals surface area contributed by atoms with Gasteiger partial charge in [0, 0.05) is 27.8 Å². The minimum absolute atomic E-state index is 1.10. The van der Waals surface area contributed by atoms with Crippen molar-refractivity contribution in [1.29, 1.82) is 0 Å². The summed E-state index contributed by atoms with van der Waals surface area (Å²) in [4.78, 5) is 2.40. The third-order valence-corrected chi connectivity index (χ3v) is 10.1. The normalized spacial score (nSPS) is 11.6. The Morgan fingerprint density at radius 3 is 1.76 bits per heavy atom. The number of para-hydroxylation sites is 4. The van der Waals surface area contributed by atoms with Crippen molar-refractivity contribution in [1.82, 2.24) is 4.57 Å². The molecule has 0 fully saturated rings. The van der Waals surface area contributed by atoms with Crippen LogP contribution in [0.4, 0.5) is 17.1 Å². The Morgan fingerprint density at radius 2 is 0.960 bits per heavy atom. The van der Waals surface area contributed by atoms with Gasteiger partial charge in [0.05, 0.1) is 16.7 Å². The van der Waals surface area contributed by atoms with Crippen LogP contribution in [0.25, 0.3) is 70.9 Å². The average Bonchev–Trinajstić information content (AvgIpc) is 3.54. The van der Waals surface area contributed by atoms with E-state index in [2.05, 4.69) is 204 Å². The fourth-order valence-electron chi connectivity index (χ4n) is 7.92. The fraction of sp³-hybridized carbons (Fsp3) is 0. The Hall–Kier alpha value is -6.64. The second-order valence-electron chi connectivity index (χ2n) is 12.9. The molecule has 0 amide bonds. The van der Waals surface area contributed by atoms with Crippen molar-refractivity contribution in [2.45, 2.75) is 0 Å². The predicted molar refractivity (Wildman–Crippen MR) is 213 cm³/mol. The molecule has 2 nitrogen and oxygen atoms in total. The summed E-state index contributed by atoms with van der Waals surface area (Å²) >= 11 is 0. The number of aromatic nitrogens is 1. The van der Waals surface area contributed by atoms with E-state index in [1.807, 2.05) is 0 Å². The van der Waals surface area contributed by atoms with E-state index in [0.29, 0.717) is 0 Å². The summed E-state index contributed by atoms with van der Waals surface area (Å²) in [7, 11) is 0. The van der Waals surface area contributed by atoms with E-state index < -0.39 is 0 Å². The first-order chi connectivity index (χ1) is 24.8. The highest BCUT2D eigenvalue weighted by molar-refractivity contribution is 6.21. The van der Waals surface area contributed by atoms with E-state index in [-0.39, 0.29) is 0 Å². The summed E-state index contributed by atoms with van der Waals surface area (Å²) in [5.74, 6) is 0. The Balaban J connectivity index is 1.20. The van der Waals surface area contributed by atoms with Crippen LogP contribution in [0.5, 0.6) is 0 Å². The van der Waals surface area contributed by atoms with Gasteiger partial charge in [-0.3, -0.25) is 0 Å². The Labute approximate surface area is 290 Å². The van der Waals surface area contributed by atoms with Crippen molar-refractivity contribution < 1.29 is 0 Å². The summed E-state index contributed by atoms with van der Waals surface area (Å²) in [6.45, 7) is 0. The zero-order valence-corrected chi connectivity index (χ0v) is 27.4. The smallest absolute Gasteiger partial charge is 0.0782 e. The van der Waals surface area contributed by atoms with E-state index in [1.165, 1.54) is 65.3 Å². The topological polar surface area (TPSA) is 8.17 Å². The van der Waals surface area contributed by atoms with Crippen LogP contribution in [-0.2, 0) is 0 Å². The van der Waals surface area contributed by atoms with Gasteiger partial charge >= 0.3 is 0 Å². The van der Waals surface area contributed by atoms with Crippen LogP contribution in [0, 0.1) is 0 Å². The minimum Gasteiger partial charge on any atom is -0.308 e. The molecule has 9 aromatic carbocycles. The second-order valence-corrected chi connectivity index (χ2v) is 12.9. The van der Waals surface area contributed by atoms with Crippen LogP contribution in [-0.4, -0.2) is 4.57 Å². The van der Waals surface area contributed by atoms with Crippen molar-refractivity contribution in [3.05, 3.63) is 194 Å². The highest BCUT2D eigenvalue weighted by atomic mass is 15.2. The zero-order valence-electron chi connectivity index (χ0n) is 27.4. The van der Waals surface area contributed by atoms with E-state index in [9.17, 15) is 0 Å². The lowest BCUT2D eigenvalue weighted by atomic mass is 9.91. The summed E-state index contributed by atoms with van der Waals surface area (Å²) < 4.78 is 2.41. The maximum absolute atomic E-state index is 2.41. The number of hydrogen-bond donors (Lipinski definition) is 0. The van der Waals surface area contributed by atoms with Gasteiger partial charge in [-0.1, -0.05) is 140 Å². The first kappa shape index (κ1) is 28.4. The Kier molecular flexibility index (Phi) is 6.53. The molecule has 0 atom stereocenters. The third-order valence-electron chi connectivity index (χ3n) is 10.1. The van der Waals surface area contributed by atoms with Gasteiger partial charge in [0.25, 0.3) is 0 Å².